The minimum absolute atomic E-state index is 0.107. The van der Waals surface area contributed by atoms with Crippen molar-refractivity contribution < 1.29 is 18.1 Å². The molecule has 0 aromatic heterocycles. The first-order valence-electron chi connectivity index (χ1n) is 9.15. The maximum absolute atomic E-state index is 12.1. The molecule has 5 heteroatoms. The van der Waals surface area contributed by atoms with Crippen LogP contribution in [0.5, 0.6) is 5.75 Å². The zero-order valence-electron chi connectivity index (χ0n) is 16.1. The summed E-state index contributed by atoms with van der Waals surface area (Å²) in [6.45, 7) is 5.51. The van der Waals surface area contributed by atoms with Gasteiger partial charge in [-0.05, 0) is 29.2 Å². The molecule has 0 aliphatic rings. The number of aromatic hydroxyl groups is 1. The van der Waals surface area contributed by atoms with Gasteiger partial charge in [-0.1, -0.05) is 80.6 Å². The zero-order chi connectivity index (χ0) is 20.5. The van der Waals surface area contributed by atoms with Crippen molar-refractivity contribution >= 4 is 10.1 Å². The maximum atomic E-state index is 12.1. The van der Waals surface area contributed by atoms with Gasteiger partial charge in [0.1, 0.15) is 10.6 Å². The Labute approximate surface area is 166 Å². The quantitative estimate of drug-likeness (QED) is 0.578. The van der Waals surface area contributed by atoms with Crippen molar-refractivity contribution in [1.29, 1.82) is 0 Å². The van der Waals surface area contributed by atoms with Crippen LogP contribution in [-0.4, -0.2) is 18.1 Å². The predicted molar refractivity (Wildman–Crippen MR) is 111 cm³/mol. The summed E-state index contributed by atoms with van der Waals surface area (Å²) in [4.78, 5) is -0.412. The Morgan fingerprint density at radius 1 is 0.786 bits per heavy atom. The van der Waals surface area contributed by atoms with E-state index in [2.05, 4.69) is 0 Å². The van der Waals surface area contributed by atoms with Gasteiger partial charge in [0.15, 0.2) is 0 Å². The molecule has 0 aliphatic carbocycles. The summed E-state index contributed by atoms with van der Waals surface area (Å²) in [5.74, 6) is -0.742. The summed E-state index contributed by atoms with van der Waals surface area (Å²) in [7, 11) is -4.59. The second kappa shape index (κ2) is 7.78. The Balaban J connectivity index is 2.26. The van der Waals surface area contributed by atoms with Gasteiger partial charge in [-0.25, -0.2) is 0 Å². The Bertz CT molecular complexity index is 1000. The van der Waals surface area contributed by atoms with Crippen molar-refractivity contribution in [1.82, 2.24) is 0 Å². The molecule has 0 fully saturated rings. The molecule has 0 saturated heterocycles. The molecule has 0 saturated carbocycles. The summed E-state index contributed by atoms with van der Waals surface area (Å²) in [6.07, 6.45) is 0. The van der Waals surface area contributed by atoms with Crippen molar-refractivity contribution in [3.63, 3.8) is 0 Å². The van der Waals surface area contributed by atoms with E-state index >= 15 is 0 Å². The number of rotatable bonds is 5. The molecule has 2 atom stereocenters. The van der Waals surface area contributed by atoms with Gasteiger partial charge in [0.05, 0.1) is 0 Å². The van der Waals surface area contributed by atoms with Crippen LogP contribution in [0.1, 0.15) is 53.5 Å². The van der Waals surface area contributed by atoms with Crippen LogP contribution in [0.2, 0.25) is 0 Å². The monoisotopic (exact) mass is 396 g/mol. The Kier molecular flexibility index (Phi) is 5.59. The van der Waals surface area contributed by atoms with Gasteiger partial charge >= 0.3 is 0 Å². The van der Waals surface area contributed by atoms with E-state index in [1.807, 2.05) is 80.6 Å². The first kappa shape index (κ1) is 20.1. The Hall–Kier alpha value is -2.63. The van der Waals surface area contributed by atoms with Crippen LogP contribution in [0.4, 0.5) is 0 Å². The van der Waals surface area contributed by atoms with Gasteiger partial charge in [-0.15, -0.1) is 0 Å². The van der Waals surface area contributed by atoms with Gasteiger partial charge in [0.25, 0.3) is 10.1 Å². The van der Waals surface area contributed by atoms with E-state index in [0.717, 1.165) is 16.7 Å². The average Bonchev–Trinajstić information content (AvgIpc) is 2.67. The van der Waals surface area contributed by atoms with E-state index in [0.29, 0.717) is 11.1 Å². The molecule has 0 radical (unpaired) electrons. The lowest BCUT2D eigenvalue weighted by atomic mass is 9.84. The van der Waals surface area contributed by atoms with Crippen LogP contribution in [0.3, 0.4) is 0 Å². The van der Waals surface area contributed by atoms with Crippen LogP contribution < -0.4 is 0 Å². The Morgan fingerprint density at radius 2 is 1.21 bits per heavy atom. The van der Waals surface area contributed by atoms with Crippen molar-refractivity contribution in [2.45, 2.75) is 37.5 Å². The SMILES string of the molecule is Cc1c(C(C)c2ccccc2)cc(C(C)c2ccccc2)c(O)c1S(=O)(=O)O. The highest BCUT2D eigenvalue weighted by Crippen LogP contribution is 2.42. The molecule has 2 N–H and O–H groups in total. The molecule has 0 heterocycles. The van der Waals surface area contributed by atoms with E-state index in [9.17, 15) is 18.1 Å². The number of phenolic OH excluding ortho intramolecular Hbond substituents is 1. The van der Waals surface area contributed by atoms with E-state index in [-0.39, 0.29) is 17.6 Å². The number of hydrogen-bond acceptors (Lipinski definition) is 3. The fourth-order valence-corrected chi connectivity index (χ4v) is 4.59. The zero-order valence-corrected chi connectivity index (χ0v) is 16.9. The van der Waals surface area contributed by atoms with E-state index in [4.69, 9.17) is 0 Å². The van der Waals surface area contributed by atoms with Crippen molar-refractivity contribution in [2.24, 2.45) is 0 Å². The molecule has 0 bridgehead atoms. The van der Waals surface area contributed by atoms with Crippen LogP contribution in [0.15, 0.2) is 71.6 Å². The van der Waals surface area contributed by atoms with E-state index in [1.165, 1.54) is 0 Å². The fraction of sp³-hybridized carbons (Fsp3) is 0.217. The topological polar surface area (TPSA) is 74.6 Å². The molecule has 4 nitrogen and oxygen atoms in total. The normalized spacial score (nSPS) is 13.9. The van der Waals surface area contributed by atoms with Crippen molar-refractivity contribution in [2.75, 3.05) is 0 Å². The third-order valence-corrected chi connectivity index (χ3v) is 6.38. The smallest absolute Gasteiger partial charge is 0.298 e. The van der Waals surface area contributed by atoms with Crippen molar-refractivity contribution in [3.8, 4) is 5.75 Å². The highest BCUT2D eigenvalue weighted by atomic mass is 32.2. The first-order valence-corrected chi connectivity index (χ1v) is 10.6. The molecule has 0 aliphatic heterocycles. The molecular weight excluding hydrogens is 372 g/mol. The molecule has 3 aromatic rings. The molecular formula is C23H24O4S. The van der Waals surface area contributed by atoms with Crippen LogP contribution >= 0.6 is 0 Å². The number of benzene rings is 3. The minimum Gasteiger partial charge on any atom is -0.506 e. The van der Waals surface area contributed by atoms with Gasteiger partial charge in [0, 0.05) is 17.4 Å². The predicted octanol–water partition coefficient (Wildman–Crippen LogP) is 5.25. The number of phenols is 1. The molecule has 146 valence electrons. The first-order chi connectivity index (χ1) is 13.2. The second-order valence-corrected chi connectivity index (χ2v) is 8.46. The third-order valence-electron chi connectivity index (χ3n) is 5.36. The minimum atomic E-state index is -4.59. The number of hydrogen-bond donors (Lipinski definition) is 2. The Morgan fingerprint density at radius 3 is 1.64 bits per heavy atom. The molecule has 3 aromatic carbocycles. The summed E-state index contributed by atoms with van der Waals surface area (Å²) >= 11 is 0. The lowest BCUT2D eigenvalue weighted by molar-refractivity contribution is 0.434. The average molecular weight is 397 g/mol. The lowest BCUT2D eigenvalue weighted by Crippen LogP contribution is -2.10. The molecule has 2 unspecified atom stereocenters. The summed E-state index contributed by atoms with van der Waals surface area (Å²) in [5.41, 5.74) is 3.56. The standard InChI is InChI=1S/C23H24O4S/c1-15(18-10-6-4-7-11-18)20-14-21(16(2)19-12-8-5-9-13-19)22(24)23(17(20)3)28(25,26)27/h4-16,24H,1-3H3,(H,25,26,27). The van der Waals surface area contributed by atoms with E-state index < -0.39 is 15.0 Å². The molecule has 0 amide bonds. The lowest BCUT2D eigenvalue weighted by Gasteiger charge is -2.23. The highest BCUT2D eigenvalue weighted by Gasteiger charge is 2.28. The molecule has 3 rings (SSSR count). The van der Waals surface area contributed by atoms with Crippen LogP contribution in [-0.2, 0) is 10.1 Å². The third kappa shape index (κ3) is 3.81. The largest absolute Gasteiger partial charge is 0.506 e. The summed E-state index contributed by atoms with van der Waals surface area (Å²) in [5, 5.41) is 10.8. The maximum Gasteiger partial charge on any atom is 0.298 e. The summed E-state index contributed by atoms with van der Waals surface area (Å²) in [6, 6.07) is 21.1. The fourth-order valence-electron chi connectivity index (χ4n) is 3.72. The van der Waals surface area contributed by atoms with Gasteiger partial charge in [0.2, 0.25) is 0 Å². The highest BCUT2D eigenvalue weighted by molar-refractivity contribution is 7.86. The summed E-state index contributed by atoms with van der Waals surface area (Å²) < 4.78 is 34.0. The van der Waals surface area contributed by atoms with E-state index in [1.54, 1.807) is 6.92 Å². The van der Waals surface area contributed by atoms with Gasteiger partial charge < -0.3 is 5.11 Å². The second-order valence-electron chi connectivity index (χ2n) is 7.10. The van der Waals surface area contributed by atoms with Crippen molar-refractivity contribution in [3.05, 3.63) is 94.5 Å². The van der Waals surface area contributed by atoms with Crippen LogP contribution in [0.25, 0.3) is 0 Å². The van der Waals surface area contributed by atoms with Gasteiger partial charge in [-0.2, -0.15) is 8.42 Å². The molecule has 28 heavy (non-hydrogen) atoms. The molecule has 0 spiro atoms. The van der Waals surface area contributed by atoms with Crippen LogP contribution in [0, 0.1) is 6.92 Å². The van der Waals surface area contributed by atoms with Gasteiger partial charge in [-0.3, -0.25) is 4.55 Å².